The van der Waals surface area contributed by atoms with Crippen molar-refractivity contribution in [1.29, 1.82) is 0 Å². The van der Waals surface area contributed by atoms with E-state index in [9.17, 15) is 4.79 Å². The van der Waals surface area contributed by atoms with Crippen LogP contribution in [0.15, 0.2) is 60.9 Å². The lowest BCUT2D eigenvalue weighted by molar-refractivity contribution is 0.0599. The Morgan fingerprint density at radius 3 is 2.52 bits per heavy atom. The highest BCUT2D eigenvalue weighted by atomic mass is 16.5. The Bertz CT molecular complexity index is 867. The van der Waals surface area contributed by atoms with Crippen molar-refractivity contribution in [1.82, 2.24) is 9.55 Å². The summed E-state index contributed by atoms with van der Waals surface area (Å²) < 4.78 is 6.91. The van der Waals surface area contributed by atoms with Crippen LogP contribution in [0.2, 0.25) is 0 Å². The molecule has 0 amide bonds. The molecule has 0 unspecified atom stereocenters. The van der Waals surface area contributed by atoms with Gasteiger partial charge in [0.25, 0.3) is 0 Å². The maximum atomic E-state index is 12.0. The van der Waals surface area contributed by atoms with Crippen LogP contribution in [0, 0.1) is 0 Å². The number of benzene rings is 2. The number of rotatable bonds is 5. The van der Waals surface area contributed by atoms with E-state index in [-0.39, 0.29) is 5.97 Å². The van der Waals surface area contributed by atoms with Crippen LogP contribution in [0.5, 0.6) is 0 Å². The molecule has 128 valence electrons. The van der Waals surface area contributed by atoms with Gasteiger partial charge >= 0.3 is 5.97 Å². The summed E-state index contributed by atoms with van der Waals surface area (Å²) in [6, 6.07) is 15.7. The molecule has 3 rings (SSSR count). The summed E-state index contributed by atoms with van der Waals surface area (Å²) in [4.78, 5) is 18.5. The number of ether oxygens (including phenoxy) is 1. The molecule has 0 saturated heterocycles. The maximum Gasteiger partial charge on any atom is 0.338 e. The minimum atomic E-state index is -0.326. The monoisotopic (exact) mass is 335 g/mol. The van der Waals surface area contributed by atoms with Crippen molar-refractivity contribution in [2.75, 3.05) is 26.1 Å². The average molecular weight is 335 g/mol. The van der Waals surface area contributed by atoms with E-state index in [4.69, 9.17) is 4.74 Å². The lowest BCUT2D eigenvalue weighted by Gasteiger charge is -2.14. The number of methoxy groups -OCH3 is 1. The van der Waals surface area contributed by atoms with Crippen molar-refractivity contribution >= 4 is 11.7 Å². The molecule has 0 aliphatic heterocycles. The predicted molar refractivity (Wildman–Crippen MR) is 98.9 cm³/mol. The summed E-state index contributed by atoms with van der Waals surface area (Å²) in [6.07, 6.45) is 3.69. The van der Waals surface area contributed by atoms with Gasteiger partial charge in [-0.05, 0) is 35.9 Å². The van der Waals surface area contributed by atoms with Gasteiger partial charge in [0, 0.05) is 44.3 Å². The first-order valence-corrected chi connectivity index (χ1v) is 8.05. The average Bonchev–Trinajstić information content (AvgIpc) is 3.09. The van der Waals surface area contributed by atoms with Crippen LogP contribution in [0.4, 0.5) is 5.69 Å². The molecular weight excluding hydrogens is 314 g/mol. The number of carbonyl (C=O) groups excluding carboxylic acids is 1. The van der Waals surface area contributed by atoms with Gasteiger partial charge in [0.15, 0.2) is 0 Å². The molecular formula is C20H21N3O2. The van der Waals surface area contributed by atoms with Crippen LogP contribution >= 0.6 is 0 Å². The molecule has 1 heterocycles. The summed E-state index contributed by atoms with van der Waals surface area (Å²) in [5, 5.41) is 0. The molecule has 3 aromatic rings. The molecule has 0 aliphatic rings. The van der Waals surface area contributed by atoms with Gasteiger partial charge in [-0.25, -0.2) is 9.78 Å². The number of esters is 1. The fraction of sp³-hybridized carbons (Fsp3) is 0.200. The maximum absolute atomic E-state index is 12.0. The van der Waals surface area contributed by atoms with Crippen molar-refractivity contribution in [3.8, 4) is 11.4 Å². The van der Waals surface area contributed by atoms with E-state index >= 15 is 0 Å². The molecule has 0 atom stereocenters. The number of hydrogen-bond donors (Lipinski definition) is 0. The first kappa shape index (κ1) is 16.8. The van der Waals surface area contributed by atoms with Crippen molar-refractivity contribution in [3.05, 3.63) is 72.1 Å². The second-order valence-corrected chi connectivity index (χ2v) is 5.97. The molecule has 1 aromatic heterocycles. The van der Waals surface area contributed by atoms with E-state index in [1.165, 1.54) is 7.11 Å². The molecule has 0 radical (unpaired) electrons. The zero-order chi connectivity index (χ0) is 17.8. The van der Waals surface area contributed by atoms with Gasteiger partial charge in [-0.2, -0.15) is 0 Å². The van der Waals surface area contributed by atoms with Gasteiger partial charge in [0.2, 0.25) is 0 Å². The molecule has 0 spiro atoms. The molecule has 0 saturated carbocycles. The highest BCUT2D eigenvalue weighted by molar-refractivity contribution is 5.91. The third-order valence-corrected chi connectivity index (χ3v) is 4.12. The zero-order valence-corrected chi connectivity index (χ0v) is 14.6. The van der Waals surface area contributed by atoms with Crippen molar-refractivity contribution < 1.29 is 9.53 Å². The van der Waals surface area contributed by atoms with Gasteiger partial charge in [0.1, 0.15) is 5.82 Å². The molecule has 0 N–H and O–H groups in total. The van der Waals surface area contributed by atoms with Crippen LogP contribution in [-0.4, -0.2) is 36.7 Å². The molecule has 25 heavy (non-hydrogen) atoms. The largest absolute Gasteiger partial charge is 0.465 e. The topological polar surface area (TPSA) is 47.4 Å². The highest BCUT2D eigenvalue weighted by Crippen LogP contribution is 2.22. The summed E-state index contributed by atoms with van der Waals surface area (Å²) in [6.45, 7) is 0.552. The van der Waals surface area contributed by atoms with Crippen molar-refractivity contribution in [2.45, 2.75) is 6.54 Å². The molecule has 0 aliphatic carbocycles. The Kier molecular flexibility index (Phi) is 4.84. The third-order valence-electron chi connectivity index (χ3n) is 4.12. The summed E-state index contributed by atoms with van der Waals surface area (Å²) in [5.41, 5.74) is 3.65. The molecule has 5 heteroatoms. The van der Waals surface area contributed by atoms with Gasteiger partial charge < -0.3 is 14.2 Å². The van der Waals surface area contributed by atoms with Crippen LogP contribution in [0.25, 0.3) is 11.4 Å². The SMILES string of the molecule is COC(=O)c1ccccc1Cn1ccnc1-c1ccc(N(C)C)cc1. The Balaban J connectivity index is 1.92. The Morgan fingerprint density at radius 1 is 1.12 bits per heavy atom. The smallest absolute Gasteiger partial charge is 0.338 e. The molecule has 0 fully saturated rings. The van der Waals surface area contributed by atoms with Crippen molar-refractivity contribution in [3.63, 3.8) is 0 Å². The number of hydrogen-bond acceptors (Lipinski definition) is 4. The van der Waals surface area contributed by atoms with E-state index in [1.807, 2.05) is 43.1 Å². The second-order valence-electron chi connectivity index (χ2n) is 5.97. The third kappa shape index (κ3) is 3.55. The van der Waals surface area contributed by atoms with Gasteiger partial charge in [0.05, 0.1) is 12.7 Å². The quantitative estimate of drug-likeness (QED) is 0.670. The first-order valence-electron chi connectivity index (χ1n) is 8.05. The zero-order valence-electron chi connectivity index (χ0n) is 14.6. The molecule has 0 bridgehead atoms. The summed E-state index contributed by atoms with van der Waals surface area (Å²) >= 11 is 0. The van der Waals surface area contributed by atoms with Crippen LogP contribution in [-0.2, 0) is 11.3 Å². The number of aromatic nitrogens is 2. The Morgan fingerprint density at radius 2 is 1.84 bits per heavy atom. The van der Waals surface area contributed by atoms with Gasteiger partial charge in [-0.3, -0.25) is 0 Å². The van der Waals surface area contributed by atoms with Crippen LogP contribution in [0.3, 0.4) is 0 Å². The van der Waals surface area contributed by atoms with Gasteiger partial charge in [-0.1, -0.05) is 18.2 Å². The van der Waals surface area contributed by atoms with E-state index < -0.39 is 0 Å². The van der Waals surface area contributed by atoms with Gasteiger partial charge in [-0.15, -0.1) is 0 Å². The number of anilines is 1. The van der Waals surface area contributed by atoms with E-state index in [0.29, 0.717) is 12.1 Å². The normalized spacial score (nSPS) is 10.5. The fourth-order valence-corrected chi connectivity index (χ4v) is 2.76. The molecule has 5 nitrogen and oxygen atoms in total. The Labute approximate surface area is 147 Å². The van der Waals surface area contributed by atoms with E-state index in [2.05, 4.69) is 34.1 Å². The fourth-order valence-electron chi connectivity index (χ4n) is 2.76. The van der Waals surface area contributed by atoms with Crippen LogP contribution in [0.1, 0.15) is 15.9 Å². The standard InChI is InChI=1S/C20H21N3O2/c1-22(2)17-10-8-15(9-11-17)19-21-12-13-23(19)14-16-6-4-5-7-18(16)20(24)25-3/h4-13H,14H2,1-3H3. The lowest BCUT2D eigenvalue weighted by Crippen LogP contribution is -2.10. The number of carbonyl (C=O) groups is 1. The summed E-state index contributed by atoms with van der Waals surface area (Å²) in [5.74, 6) is 0.539. The van der Waals surface area contributed by atoms with E-state index in [0.717, 1.165) is 22.6 Å². The summed E-state index contributed by atoms with van der Waals surface area (Å²) in [7, 11) is 5.42. The minimum Gasteiger partial charge on any atom is -0.465 e. The highest BCUT2D eigenvalue weighted by Gasteiger charge is 2.13. The number of nitrogens with zero attached hydrogens (tertiary/aromatic N) is 3. The predicted octanol–water partition coefficient (Wildman–Crippen LogP) is 3.45. The van der Waals surface area contributed by atoms with Crippen LogP contribution < -0.4 is 4.90 Å². The van der Waals surface area contributed by atoms with E-state index in [1.54, 1.807) is 12.3 Å². The van der Waals surface area contributed by atoms with Crippen molar-refractivity contribution in [2.24, 2.45) is 0 Å². The first-order chi connectivity index (χ1) is 12.1. The Hall–Kier alpha value is -3.08. The molecule has 2 aromatic carbocycles. The number of imidazole rings is 1. The second kappa shape index (κ2) is 7.21. The lowest BCUT2D eigenvalue weighted by atomic mass is 10.1. The minimum absolute atomic E-state index is 0.326.